The third-order valence-electron chi connectivity index (χ3n) is 3.10. The zero-order valence-electron chi connectivity index (χ0n) is 9.82. The maximum Gasteiger partial charge on any atom is 0.220 e. The van der Waals surface area contributed by atoms with Crippen LogP contribution >= 0.6 is 0 Å². The van der Waals surface area contributed by atoms with Crippen LogP contribution in [-0.2, 0) is 11.2 Å². The monoisotopic (exact) mass is 234 g/mol. The fourth-order valence-corrected chi connectivity index (χ4v) is 2.17. The number of hydrogen-bond donors (Lipinski definition) is 2. The van der Waals surface area contributed by atoms with Crippen LogP contribution in [0, 0.1) is 0 Å². The summed E-state index contributed by atoms with van der Waals surface area (Å²) in [4.78, 5) is 10.6. The van der Waals surface area contributed by atoms with Gasteiger partial charge in [-0.05, 0) is 42.5 Å². The molecule has 1 aromatic rings. The van der Waals surface area contributed by atoms with E-state index >= 15 is 0 Å². The third kappa shape index (κ3) is 2.97. The average molecular weight is 234 g/mol. The summed E-state index contributed by atoms with van der Waals surface area (Å²) in [5.41, 5.74) is 13.6. The quantitative estimate of drug-likeness (QED) is 0.823. The molecular weight excluding hydrogens is 216 g/mol. The number of fused-ring (bicyclic) bond motifs is 1. The Hall–Kier alpha value is -1.55. The number of hydrogen-bond acceptors (Lipinski definition) is 3. The summed E-state index contributed by atoms with van der Waals surface area (Å²) >= 11 is 0. The number of amides is 1. The van der Waals surface area contributed by atoms with Crippen molar-refractivity contribution >= 4 is 5.91 Å². The summed E-state index contributed by atoms with van der Waals surface area (Å²) < 4.78 is 5.47. The Morgan fingerprint density at radius 3 is 3.06 bits per heavy atom. The molecule has 4 nitrogen and oxygen atoms in total. The predicted molar refractivity (Wildman–Crippen MR) is 65.6 cm³/mol. The molecule has 92 valence electrons. The van der Waals surface area contributed by atoms with Crippen molar-refractivity contribution in [3.05, 3.63) is 29.3 Å². The zero-order chi connectivity index (χ0) is 12.3. The Bertz CT molecular complexity index is 418. The number of nitrogens with two attached hydrogens (primary N) is 2. The molecule has 1 aromatic carbocycles. The van der Waals surface area contributed by atoms with E-state index in [0.717, 1.165) is 25.0 Å². The minimum absolute atomic E-state index is 0.110. The molecule has 4 N–H and O–H groups in total. The van der Waals surface area contributed by atoms with E-state index in [4.69, 9.17) is 16.2 Å². The van der Waals surface area contributed by atoms with Crippen molar-refractivity contribution in [1.29, 1.82) is 0 Å². The number of primary amides is 1. The van der Waals surface area contributed by atoms with Gasteiger partial charge < -0.3 is 16.2 Å². The van der Waals surface area contributed by atoms with Crippen molar-refractivity contribution in [2.75, 3.05) is 6.61 Å². The van der Waals surface area contributed by atoms with Gasteiger partial charge in [-0.1, -0.05) is 6.07 Å². The number of rotatable bonds is 4. The number of carbonyl (C=O) groups excluding carboxylic acids is 1. The Morgan fingerprint density at radius 1 is 1.47 bits per heavy atom. The van der Waals surface area contributed by atoms with Crippen LogP contribution in [0.15, 0.2) is 18.2 Å². The molecular formula is C13H18N2O2. The van der Waals surface area contributed by atoms with Gasteiger partial charge in [-0.15, -0.1) is 0 Å². The van der Waals surface area contributed by atoms with Crippen LogP contribution in [0.5, 0.6) is 5.75 Å². The minimum atomic E-state index is -0.348. The molecule has 0 saturated heterocycles. The summed E-state index contributed by atoms with van der Waals surface area (Å²) in [5, 5.41) is 0. The fraction of sp³-hybridized carbons (Fsp3) is 0.462. The van der Waals surface area contributed by atoms with Gasteiger partial charge in [0.15, 0.2) is 0 Å². The highest BCUT2D eigenvalue weighted by Gasteiger charge is 2.17. The highest BCUT2D eigenvalue weighted by molar-refractivity contribution is 5.73. The summed E-state index contributed by atoms with van der Waals surface area (Å²) in [6.45, 7) is 0.323. The van der Waals surface area contributed by atoms with E-state index in [2.05, 4.69) is 6.07 Å². The Labute approximate surface area is 101 Å². The molecule has 0 unspecified atom stereocenters. The van der Waals surface area contributed by atoms with E-state index < -0.39 is 0 Å². The first-order valence-corrected chi connectivity index (χ1v) is 5.96. The smallest absolute Gasteiger partial charge is 0.220 e. The van der Waals surface area contributed by atoms with Gasteiger partial charge >= 0.3 is 0 Å². The maximum atomic E-state index is 10.6. The molecule has 4 heteroatoms. The van der Waals surface area contributed by atoms with Crippen molar-refractivity contribution in [3.63, 3.8) is 0 Å². The SMILES string of the molecule is NC(=O)CCOc1ccc2c(c1)[C@@H](N)CCC2. The van der Waals surface area contributed by atoms with E-state index in [1.807, 2.05) is 12.1 Å². The van der Waals surface area contributed by atoms with E-state index in [-0.39, 0.29) is 18.4 Å². The van der Waals surface area contributed by atoms with Gasteiger partial charge in [0.25, 0.3) is 0 Å². The largest absolute Gasteiger partial charge is 0.493 e. The second-order valence-electron chi connectivity index (χ2n) is 4.42. The second-order valence-corrected chi connectivity index (χ2v) is 4.42. The summed E-state index contributed by atoms with van der Waals surface area (Å²) in [6.07, 6.45) is 3.50. The maximum absolute atomic E-state index is 10.6. The molecule has 0 fully saturated rings. The van der Waals surface area contributed by atoms with Crippen LogP contribution in [0.4, 0.5) is 0 Å². The number of aryl methyl sites for hydroxylation is 1. The molecule has 1 aliphatic carbocycles. The molecule has 0 saturated carbocycles. The fourth-order valence-electron chi connectivity index (χ4n) is 2.17. The topological polar surface area (TPSA) is 78.3 Å². The Kier molecular flexibility index (Phi) is 3.64. The van der Waals surface area contributed by atoms with Crippen LogP contribution < -0.4 is 16.2 Å². The molecule has 17 heavy (non-hydrogen) atoms. The number of benzene rings is 1. The molecule has 0 radical (unpaired) electrons. The lowest BCUT2D eigenvalue weighted by molar-refractivity contribution is -0.118. The Morgan fingerprint density at radius 2 is 2.29 bits per heavy atom. The normalized spacial score (nSPS) is 18.5. The molecule has 0 spiro atoms. The number of ether oxygens (including phenoxy) is 1. The van der Waals surface area contributed by atoms with Crippen molar-refractivity contribution in [1.82, 2.24) is 0 Å². The van der Waals surface area contributed by atoms with Crippen LogP contribution in [0.25, 0.3) is 0 Å². The Balaban J connectivity index is 2.04. The van der Waals surface area contributed by atoms with Gasteiger partial charge in [-0.3, -0.25) is 4.79 Å². The zero-order valence-corrected chi connectivity index (χ0v) is 9.82. The van der Waals surface area contributed by atoms with E-state index in [1.165, 1.54) is 11.1 Å². The van der Waals surface area contributed by atoms with Crippen LogP contribution in [0.1, 0.15) is 36.4 Å². The molecule has 1 amide bonds. The van der Waals surface area contributed by atoms with Gasteiger partial charge in [0, 0.05) is 6.04 Å². The average Bonchev–Trinajstić information content (AvgIpc) is 2.30. The van der Waals surface area contributed by atoms with E-state index in [1.54, 1.807) is 0 Å². The van der Waals surface area contributed by atoms with Gasteiger partial charge in [-0.2, -0.15) is 0 Å². The molecule has 2 rings (SSSR count). The van der Waals surface area contributed by atoms with Gasteiger partial charge in [0.05, 0.1) is 13.0 Å². The first-order chi connectivity index (χ1) is 8.16. The summed E-state index contributed by atoms with van der Waals surface area (Å²) in [7, 11) is 0. The van der Waals surface area contributed by atoms with Crippen molar-refractivity contribution < 1.29 is 9.53 Å². The lowest BCUT2D eigenvalue weighted by Gasteiger charge is -2.22. The van der Waals surface area contributed by atoms with Gasteiger partial charge in [0.2, 0.25) is 5.91 Å². The van der Waals surface area contributed by atoms with Crippen molar-refractivity contribution in [3.8, 4) is 5.75 Å². The highest BCUT2D eigenvalue weighted by Crippen LogP contribution is 2.30. The molecule has 1 aliphatic rings. The molecule has 1 atom stereocenters. The van der Waals surface area contributed by atoms with Crippen molar-refractivity contribution in [2.45, 2.75) is 31.7 Å². The van der Waals surface area contributed by atoms with Crippen molar-refractivity contribution in [2.24, 2.45) is 11.5 Å². The second kappa shape index (κ2) is 5.19. The molecule has 0 bridgehead atoms. The minimum Gasteiger partial charge on any atom is -0.493 e. The molecule has 0 aliphatic heterocycles. The summed E-state index contributed by atoms with van der Waals surface area (Å²) in [6, 6.07) is 6.09. The van der Waals surface area contributed by atoms with Crippen LogP contribution in [-0.4, -0.2) is 12.5 Å². The lowest BCUT2D eigenvalue weighted by Crippen LogP contribution is -2.18. The molecule has 0 aromatic heterocycles. The number of carbonyl (C=O) groups is 1. The third-order valence-corrected chi connectivity index (χ3v) is 3.10. The van der Waals surface area contributed by atoms with Gasteiger partial charge in [-0.25, -0.2) is 0 Å². The van der Waals surface area contributed by atoms with Gasteiger partial charge in [0.1, 0.15) is 5.75 Å². The highest BCUT2D eigenvalue weighted by atomic mass is 16.5. The first-order valence-electron chi connectivity index (χ1n) is 5.96. The van der Waals surface area contributed by atoms with Crippen LogP contribution in [0.3, 0.4) is 0 Å². The van der Waals surface area contributed by atoms with Crippen LogP contribution in [0.2, 0.25) is 0 Å². The molecule has 0 heterocycles. The summed E-state index contributed by atoms with van der Waals surface area (Å²) in [5.74, 6) is 0.419. The predicted octanol–water partition coefficient (Wildman–Crippen LogP) is 1.28. The lowest BCUT2D eigenvalue weighted by atomic mass is 9.88. The standard InChI is InChI=1S/C13H18N2O2/c14-12-3-1-2-9-4-5-10(8-11(9)12)17-7-6-13(15)16/h4-5,8,12H,1-3,6-7,14H2,(H2,15,16)/t12-/m0/s1. The van der Waals surface area contributed by atoms with E-state index in [9.17, 15) is 4.79 Å². The van der Waals surface area contributed by atoms with E-state index in [0.29, 0.717) is 6.61 Å². The first kappa shape index (κ1) is 11.9.